The van der Waals surface area contributed by atoms with E-state index in [0.717, 1.165) is 12.8 Å². The van der Waals surface area contributed by atoms with Crippen LogP contribution >= 0.6 is 0 Å². The SMILES string of the molecule is CCc1ccc(CCNC(=O)NN)cc1. The molecule has 0 saturated carbocycles. The lowest BCUT2D eigenvalue weighted by molar-refractivity contribution is 0.241. The smallest absolute Gasteiger partial charge is 0.328 e. The molecule has 0 fully saturated rings. The van der Waals surface area contributed by atoms with Crippen molar-refractivity contribution >= 4 is 6.03 Å². The quantitative estimate of drug-likeness (QED) is 0.391. The molecule has 0 aromatic heterocycles. The lowest BCUT2D eigenvalue weighted by Gasteiger charge is -2.04. The van der Waals surface area contributed by atoms with Gasteiger partial charge in [-0.1, -0.05) is 31.2 Å². The average molecular weight is 207 g/mol. The first kappa shape index (κ1) is 11.5. The van der Waals surface area contributed by atoms with E-state index in [9.17, 15) is 4.79 Å². The van der Waals surface area contributed by atoms with Gasteiger partial charge in [-0.25, -0.2) is 10.6 Å². The Morgan fingerprint density at radius 2 is 1.87 bits per heavy atom. The Hall–Kier alpha value is -1.55. The van der Waals surface area contributed by atoms with Gasteiger partial charge >= 0.3 is 6.03 Å². The molecule has 1 aromatic carbocycles. The van der Waals surface area contributed by atoms with Crippen molar-refractivity contribution in [2.45, 2.75) is 19.8 Å². The van der Waals surface area contributed by atoms with E-state index in [4.69, 9.17) is 5.84 Å². The monoisotopic (exact) mass is 207 g/mol. The molecule has 0 aliphatic carbocycles. The number of carbonyl (C=O) groups is 1. The summed E-state index contributed by atoms with van der Waals surface area (Å²) in [6.07, 6.45) is 1.87. The summed E-state index contributed by atoms with van der Waals surface area (Å²) >= 11 is 0. The highest BCUT2D eigenvalue weighted by Crippen LogP contribution is 2.05. The zero-order chi connectivity index (χ0) is 11.1. The van der Waals surface area contributed by atoms with Crippen LogP contribution in [0.4, 0.5) is 4.79 Å². The molecular formula is C11H17N3O. The first-order valence-electron chi connectivity index (χ1n) is 5.08. The number of nitrogens with two attached hydrogens (primary N) is 1. The minimum Gasteiger partial charge on any atom is -0.337 e. The van der Waals surface area contributed by atoms with Crippen molar-refractivity contribution in [2.75, 3.05) is 6.54 Å². The number of amides is 2. The molecule has 82 valence electrons. The van der Waals surface area contributed by atoms with Crippen molar-refractivity contribution in [2.24, 2.45) is 5.84 Å². The van der Waals surface area contributed by atoms with Crippen LogP contribution in [-0.2, 0) is 12.8 Å². The summed E-state index contributed by atoms with van der Waals surface area (Å²) in [6.45, 7) is 2.72. The number of hydrogen-bond acceptors (Lipinski definition) is 2. The minimum atomic E-state index is -0.347. The number of nitrogens with one attached hydrogen (secondary N) is 2. The van der Waals surface area contributed by atoms with Gasteiger partial charge in [0.25, 0.3) is 0 Å². The molecule has 0 spiro atoms. The summed E-state index contributed by atoms with van der Waals surface area (Å²) in [4.78, 5) is 10.8. The zero-order valence-corrected chi connectivity index (χ0v) is 8.92. The molecule has 0 atom stereocenters. The van der Waals surface area contributed by atoms with E-state index < -0.39 is 0 Å². The van der Waals surface area contributed by atoms with Crippen molar-refractivity contribution in [3.8, 4) is 0 Å². The number of rotatable bonds is 4. The zero-order valence-electron chi connectivity index (χ0n) is 8.92. The van der Waals surface area contributed by atoms with Crippen LogP contribution in [0.3, 0.4) is 0 Å². The second-order valence-corrected chi connectivity index (χ2v) is 3.32. The Balaban J connectivity index is 2.34. The molecule has 1 rings (SSSR count). The second-order valence-electron chi connectivity index (χ2n) is 3.32. The highest BCUT2D eigenvalue weighted by molar-refractivity contribution is 5.72. The Kier molecular flexibility index (Phi) is 4.63. The van der Waals surface area contributed by atoms with Crippen molar-refractivity contribution in [1.29, 1.82) is 0 Å². The summed E-state index contributed by atoms with van der Waals surface area (Å²) < 4.78 is 0. The van der Waals surface area contributed by atoms with Crippen LogP contribution in [0.25, 0.3) is 0 Å². The van der Waals surface area contributed by atoms with Gasteiger partial charge in [-0.2, -0.15) is 0 Å². The maximum absolute atomic E-state index is 10.8. The third-order valence-electron chi connectivity index (χ3n) is 2.26. The van der Waals surface area contributed by atoms with E-state index in [1.54, 1.807) is 0 Å². The van der Waals surface area contributed by atoms with E-state index in [1.165, 1.54) is 11.1 Å². The van der Waals surface area contributed by atoms with Gasteiger partial charge in [0.2, 0.25) is 0 Å². The molecule has 0 radical (unpaired) electrons. The molecule has 0 aliphatic rings. The average Bonchev–Trinajstić information content (AvgIpc) is 2.29. The lowest BCUT2D eigenvalue weighted by Crippen LogP contribution is -2.40. The van der Waals surface area contributed by atoms with Crippen molar-refractivity contribution in [1.82, 2.24) is 10.7 Å². The number of hydrogen-bond donors (Lipinski definition) is 3. The highest BCUT2D eigenvalue weighted by Gasteiger charge is 1.96. The van der Waals surface area contributed by atoms with Crippen molar-refractivity contribution in [3.63, 3.8) is 0 Å². The number of aryl methyl sites for hydroxylation is 1. The Bertz CT molecular complexity index is 308. The Morgan fingerprint density at radius 3 is 2.40 bits per heavy atom. The summed E-state index contributed by atoms with van der Waals surface area (Å²) in [5.74, 6) is 4.93. The molecule has 0 unspecified atom stereocenters. The molecule has 0 heterocycles. The van der Waals surface area contributed by atoms with Crippen LogP contribution in [0, 0.1) is 0 Å². The molecular weight excluding hydrogens is 190 g/mol. The summed E-state index contributed by atoms with van der Waals surface area (Å²) in [6, 6.07) is 8.04. The van der Waals surface area contributed by atoms with Gasteiger partial charge in [-0.3, -0.25) is 5.43 Å². The Labute approximate surface area is 89.8 Å². The molecule has 0 saturated heterocycles. The topological polar surface area (TPSA) is 67.2 Å². The number of benzene rings is 1. The normalized spacial score (nSPS) is 9.73. The first-order valence-corrected chi connectivity index (χ1v) is 5.08. The predicted octanol–water partition coefficient (Wildman–Crippen LogP) is 0.964. The van der Waals surface area contributed by atoms with Crippen LogP contribution < -0.4 is 16.6 Å². The fraction of sp³-hybridized carbons (Fsp3) is 0.364. The molecule has 4 nitrogen and oxygen atoms in total. The number of carbonyl (C=O) groups excluding carboxylic acids is 1. The molecule has 2 amide bonds. The molecule has 4 heteroatoms. The van der Waals surface area contributed by atoms with E-state index in [0.29, 0.717) is 6.54 Å². The van der Waals surface area contributed by atoms with E-state index >= 15 is 0 Å². The summed E-state index contributed by atoms with van der Waals surface area (Å²) in [7, 11) is 0. The van der Waals surface area contributed by atoms with Crippen LogP contribution in [-0.4, -0.2) is 12.6 Å². The molecule has 0 aliphatic heterocycles. The van der Waals surface area contributed by atoms with Crippen LogP contribution in [0.15, 0.2) is 24.3 Å². The van der Waals surface area contributed by atoms with Crippen LogP contribution in [0.5, 0.6) is 0 Å². The fourth-order valence-corrected chi connectivity index (χ4v) is 1.31. The van der Waals surface area contributed by atoms with Gasteiger partial charge in [-0.05, 0) is 24.0 Å². The van der Waals surface area contributed by atoms with Crippen molar-refractivity contribution < 1.29 is 4.79 Å². The second kappa shape index (κ2) is 6.03. The van der Waals surface area contributed by atoms with Gasteiger partial charge < -0.3 is 5.32 Å². The van der Waals surface area contributed by atoms with E-state index in [-0.39, 0.29) is 6.03 Å². The number of hydrazine groups is 1. The third-order valence-corrected chi connectivity index (χ3v) is 2.26. The summed E-state index contributed by atoms with van der Waals surface area (Å²) in [5.41, 5.74) is 4.56. The molecule has 0 bridgehead atoms. The van der Waals surface area contributed by atoms with Gasteiger partial charge in [-0.15, -0.1) is 0 Å². The van der Waals surface area contributed by atoms with Gasteiger partial charge in [0.1, 0.15) is 0 Å². The van der Waals surface area contributed by atoms with Crippen molar-refractivity contribution in [3.05, 3.63) is 35.4 Å². The standard InChI is InChI=1S/C11H17N3O/c1-2-9-3-5-10(6-4-9)7-8-13-11(15)14-12/h3-6H,2,7-8,12H2,1H3,(H2,13,14,15). The van der Waals surface area contributed by atoms with Crippen LogP contribution in [0.1, 0.15) is 18.1 Å². The van der Waals surface area contributed by atoms with Gasteiger partial charge in [0.05, 0.1) is 0 Å². The third kappa shape index (κ3) is 3.99. The summed E-state index contributed by atoms with van der Waals surface area (Å²) in [5, 5.41) is 2.63. The van der Waals surface area contributed by atoms with E-state index in [1.807, 2.05) is 5.43 Å². The first-order chi connectivity index (χ1) is 7.26. The van der Waals surface area contributed by atoms with Gasteiger partial charge in [0.15, 0.2) is 0 Å². The maximum atomic E-state index is 10.8. The molecule has 4 N–H and O–H groups in total. The molecule has 15 heavy (non-hydrogen) atoms. The number of urea groups is 1. The lowest BCUT2D eigenvalue weighted by atomic mass is 10.1. The van der Waals surface area contributed by atoms with Gasteiger partial charge in [0, 0.05) is 6.54 Å². The Morgan fingerprint density at radius 1 is 1.27 bits per heavy atom. The largest absolute Gasteiger partial charge is 0.337 e. The fourth-order valence-electron chi connectivity index (χ4n) is 1.31. The molecule has 1 aromatic rings. The predicted molar refractivity (Wildman–Crippen MR) is 60.2 cm³/mol. The highest BCUT2D eigenvalue weighted by atomic mass is 16.2. The van der Waals surface area contributed by atoms with Crippen LogP contribution in [0.2, 0.25) is 0 Å². The minimum absolute atomic E-state index is 0.347. The maximum Gasteiger partial charge on any atom is 0.328 e. The van der Waals surface area contributed by atoms with E-state index in [2.05, 4.69) is 36.5 Å².